The van der Waals surface area contributed by atoms with Gasteiger partial charge in [-0.3, -0.25) is 9.48 Å². The molecule has 126 valence electrons. The van der Waals surface area contributed by atoms with Gasteiger partial charge in [-0.15, -0.1) is 11.3 Å². The lowest BCUT2D eigenvalue weighted by molar-refractivity contribution is -0.122. The van der Waals surface area contributed by atoms with Gasteiger partial charge < -0.3 is 5.32 Å². The molecule has 0 bridgehead atoms. The molecule has 2 heterocycles. The van der Waals surface area contributed by atoms with Crippen molar-refractivity contribution in [2.75, 3.05) is 0 Å². The van der Waals surface area contributed by atoms with E-state index < -0.39 is 0 Å². The summed E-state index contributed by atoms with van der Waals surface area (Å²) in [4.78, 5) is 17.0. The second-order valence-corrected chi connectivity index (χ2v) is 7.30. The fourth-order valence-electron chi connectivity index (χ4n) is 2.88. The Balaban J connectivity index is 1.64. The fraction of sp³-hybridized carbons (Fsp3) is 0.389. The van der Waals surface area contributed by atoms with Crippen LogP contribution in [-0.2, 0) is 4.79 Å². The van der Waals surface area contributed by atoms with E-state index in [4.69, 9.17) is 0 Å². The summed E-state index contributed by atoms with van der Waals surface area (Å²) in [6, 6.07) is 9.99. The number of aromatic nitrogens is 3. The summed E-state index contributed by atoms with van der Waals surface area (Å²) in [5.74, 6) is 0.0156. The average molecular weight is 342 g/mol. The highest BCUT2D eigenvalue weighted by atomic mass is 32.1. The molecule has 0 saturated carbocycles. The van der Waals surface area contributed by atoms with E-state index in [2.05, 4.69) is 21.5 Å². The summed E-state index contributed by atoms with van der Waals surface area (Å²) in [6.45, 7) is 7.97. The first kappa shape index (κ1) is 16.6. The van der Waals surface area contributed by atoms with Crippen LogP contribution in [0.3, 0.4) is 0 Å². The van der Waals surface area contributed by atoms with E-state index in [-0.39, 0.29) is 18.0 Å². The lowest BCUT2D eigenvalue weighted by atomic mass is 10.2. The molecule has 0 aliphatic heterocycles. The number of para-hydroxylation sites is 1. The molecule has 3 rings (SSSR count). The van der Waals surface area contributed by atoms with Crippen LogP contribution in [0.25, 0.3) is 10.2 Å². The minimum absolute atomic E-state index is 0.0156. The third-order valence-corrected chi connectivity index (χ3v) is 5.22. The van der Waals surface area contributed by atoms with Crippen LogP contribution in [-0.4, -0.2) is 20.7 Å². The third kappa shape index (κ3) is 3.48. The number of carbonyl (C=O) groups is 1. The van der Waals surface area contributed by atoms with Crippen LogP contribution in [0.2, 0.25) is 0 Å². The molecule has 1 amide bonds. The van der Waals surface area contributed by atoms with Crippen LogP contribution in [0.1, 0.15) is 48.7 Å². The minimum Gasteiger partial charge on any atom is -0.347 e. The van der Waals surface area contributed by atoms with Crippen LogP contribution >= 0.6 is 11.3 Å². The molecule has 0 aliphatic rings. The minimum atomic E-state index is -0.0949. The topological polar surface area (TPSA) is 59.8 Å². The van der Waals surface area contributed by atoms with Crippen molar-refractivity contribution in [1.29, 1.82) is 0 Å². The van der Waals surface area contributed by atoms with Crippen molar-refractivity contribution >= 4 is 27.5 Å². The van der Waals surface area contributed by atoms with Gasteiger partial charge in [0.1, 0.15) is 5.01 Å². The fourth-order valence-corrected chi connectivity index (χ4v) is 3.85. The predicted molar refractivity (Wildman–Crippen MR) is 97.2 cm³/mol. The standard InChI is InChI=1S/C18H22N4OS/c1-11-9-12(2)22(21-11)13(3)10-17(23)19-14(4)18-20-15-7-5-6-8-16(15)24-18/h5-9,13-14H,10H2,1-4H3,(H,19,23)/t13-,14-/m1/s1. The SMILES string of the molecule is Cc1cc(C)n([C@H](C)CC(=O)N[C@H](C)c2nc3ccccc3s2)n1. The van der Waals surface area contributed by atoms with Crippen molar-refractivity contribution in [2.45, 2.75) is 46.2 Å². The zero-order valence-corrected chi connectivity index (χ0v) is 15.2. The van der Waals surface area contributed by atoms with E-state index in [9.17, 15) is 4.79 Å². The molecule has 24 heavy (non-hydrogen) atoms. The highest BCUT2D eigenvalue weighted by Gasteiger charge is 2.18. The third-order valence-electron chi connectivity index (χ3n) is 4.00. The lowest BCUT2D eigenvalue weighted by Gasteiger charge is -2.16. The second-order valence-electron chi connectivity index (χ2n) is 6.23. The Hall–Kier alpha value is -2.21. The quantitative estimate of drug-likeness (QED) is 0.764. The zero-order valence-electron chi connectivity index (χ0n) is 14.4. The molecule has 2 aromatic heterocycles. The molecule has 0 radical (unpaired) electrons. The van der Waals surface area contributed by atoms with E-state index >= 15 is 0 Å². The summed E-state index contributed by atoms with van der Waals surface area (Å²) in [7, 11) is 0. The Bertz CT molecular complexity index is 834. The molecule has 0 fully saturated rings. The maximum Gasteiger partial charge on any atom is 0.222 e. The number of hydrogen-bond donors (Lipinski definition) is 1. The van der Waals surface area contributed by atoms with Crippen molar-refractivity contribution in [3.05, 3.63) is 46.7 Å². The second kappa shape index (κ2) is 6.73. The van der Waals surface area contributed by atoms with Crippen LogP contribution < -0.4 is 5.32 Å². The summed E-state index contributed by atoms with van der Waals surface area (Å²) in [5.41, 5.74) is 3.03. The summed E-state index contributed by atoms with van der Waals surface area (Å²) in [6.07, 6.45) is 0.400. The number of rotatable bonds is 5. The van der Waals surface area contributed by atoms with Crippen LogP contribution in [0, 0.1) is 13.8 Å². The maximum atomic E-state index is 12.4. The highest BCUT2D eigenvalue weighted by molar-refractivity contribution is 7.18. The van der Waals surface area contributed by atoms with Gasteiger partial charge in [-0.25, -0.2) is 4.98 Å². The average Bonchev–Trinajstić information content (AvgIpc) is 3.09. The monoisotopic (exact) mass is 342 g/mol. The number of benzene rings is 1. The molecular formula is C18H22N4OS. The highest BCUT2D eigenvalue weighted by Crippen LogP contribution is 2.26. The molecule has 2 atom stereocenters. The maximum absolute atomic E-state index is 12.4. The molecule has 0 saturated heterocycles. The number of nitrogens with zero attached hydrogens (tertiary/aromatic N) is 3. The van der Waals surface area contributed by atoms with Gasteiger partial charge in [0.15, 0.2) is 0 Å². The number of fused-ring (bicyclic) bond motifs is 1. The van der Waals surface area contributed by atoms with Crippen molar-refractivity contribution in [1.82, 2.24) is 20.1 Å². The number of carbonyl (C=O) groups excluding carboxylic acids is 1. The molecular weight excluding hydrogens is 320 g/mol. The lowest BCUT2D eigenvalue weighted by Crippen LogP contribution is -2.28. The first-order chi connectivity index (χ1) is 11.4. The predicted octanol–water partition coefficient (Wildman–Crippen LogP) is 3.94. The van der Waals surface area contributed by atoms with Gasteiger partial charge in [-0.1, -0.05) is 12.1 Å². The number of hydrogen-bond acceptors (Lipinski definition) is 4. The number of thiazole rings is 1. The smallest absolute Gasteiger partial charge is 0.222 e. The largest absolute Gasteiger partial charge is 0.347 e. The summed E-state index contributed by atoms with van der Waals surface area (Å²) in [5, 5.41) is 8.44. The molecule has 1 N–H and O–H groups in total. The first-order valence-electron chi connectivity index (χ1n) is 8.11. The molecule has 5 nitrogen and oxygen atoms in total. The van der Waals surface area contributed by atoms with Gasteiger partial charge in [0.05, 0.1) is 28.0 Å². The van der Waals surface area contributed by atoms with Crippen molar-refractivity contribution < 1.29 is 4.79 Å². The Morgan fingerprint density at radius 1 is 1.29 bits per heavy atom. The van der Waals surface area contributed by atoms with Gasteiger partial charge in [-0.05, 0) is 45.9 Å². The number of aryl methyl sites for hydroxylation is 2. The van der Waals surface area contributed by atoms with Gasteiger partial charge in [0.25, 0.3) is 0 Å². The van der Waals surface area contributed by atoms with E-state index in [0.717, 1.165) is 26.6 Å². The summed E-state index contributed by atoms with van der Waals surface area (Å²) < 4.78 is 3.06. The normalized spacial score (nSPS) is 13.8. The molecule has 0 unspecified atom stereocenters. The van der Waals surface area contributed by atoms with Gasteiger partial charge in [0, 0.05) is 12.1 Å². The van der Waals surface area contributed by atoms with Gasteiger partial charge in [-0.2, -0.15) is 5.10 Å². The van der Waals surface area contributed by atoms with E-state index in [1.165, 1.54) is 0 Å². The molecule has 1 aromatic carbocycles. The molecule has 3 aromatic rings. The van der Waals surface area contributed by atoms with E-state index in [0.29, 0.717) is 6.42 Å². The van der Waals surface area contributed by atoms with Crippen molar-refractivity contribution in [3.63, 3.8) is 0 Å². The first-order valence-corrected chi connectivity index (χ1v) is 8.93. The Morgan fingerprint density at radius 3 is 2.71 bits per heavy atom. The summed E-state index contributed by atoms with van der Waals surface area (Å²) >= 11 is 1.63. The Kier molecular flexibility index (Phi) is 4.66. The van der Waals surface area contributed by atoms with E-state index in [1.54, 1.807) is 11.3 Å². The van der Waals surface area contributed by atoms with E-state index in [1.807, 2.05) is 56.6 Å². The number of nitrogens with one attached hydrogen (secondary N) is 1. The molecule has 0 spiro atoms. The Morgan fingerprint density at radius 2 is 2.04 bits per heavy atom. The van der Waals surface area contributed by atoms with Crippen molar-refractivity contribution in [3.8, 4) is 0 Å². The zero-order chi connectivity index (χ0) is 17.3. The van der Waals surface area contributed by atoms with Crippen LogP contribution in [0.4, 0.5) is 0 Å². The van der Waals surface area contributed by atoms with Gasteiger partial charge in [0.2, 0.25) is 5.91 Å². The van der Waals surface area contributed by atoms with Gasteiger partial charge >= 0.3 is 0 Å². The molecule has 0 aliphatic carbocycles. The number of amides is 1. The Labute approximate surface area is 145 Å². The van der Waals surface area contributed by atoms with Crippen LogP contribution in [0.5, 0.6) is 0 Å². The van der Waals surface area contributed by atoms with Crippen LogP contribution in [0.15, 0.2) is 30.3 Å². The molecule has 6 heteroatoms. The van der Waals surface area contributed by atoms with Crippen molar-refractivity contribution in [2.24, 2.45) is 0 Å².